The molecule has 3 aliphatic rings. The Hall–Kier alpha value is -1.47. The number of rotatable bonds is 8. The molecule has 3 aliphatic heterocycles. The van der Waals surface area contributed by atoms with Crippen molar-refractivity contribution in [1.29, 1.82) is 0 Å². The van der Waals surface area contributed by atoms with E-state index in [0.29, 0.717) is 20.7 Å². The summed E-state index contributed by atoms with van der Waals surface area (Å²) in [7, 11) is 0. The second-order valence-corrected chi connectivity index (χ2v) is 11.6. The van der Waals surface area contributed by atoms with Gasteiger partial charge in [-0.3, -0.25) is 4.79 Å². The molecule has 5 rings (SSSR count). The minimum Gasteiger partial charge on any atom is -0.387 e. The highest BCUT2D eigenvalue weighted by Gasteiger charge is 2.53. The molecule has 11 atom stereocenters. The number of fused-ring (bicyclic) bond motifs is 1. The van der Waals surface area contributed by atoms with Gasteiger partial charge in [0.15, 0.2) is 18.9 Å². The molecule has 1 unspecified atom stereocenters. The van der Waals surface area contributed by atoms with Crippen LogP contribution in [-0.2, 0) is 39.8 Å². The third kappa shape index (κ3) is 7.08. The number of hydrogen-bond acceptors (Lipinski definition) is 11. The summed E-state index contributed by atoms with van der Waals surface area (Å²) in [6.45, 7) is 1.42. The average molecular weight is 722 g/mol. The van der Waals surface area contributed by atoms with Crippen molar-refractivity contribution in [3.05, 3.63) is 64.7 Å². The van der Waals surface area contributed by atoms with Crippen molar-refractivity contribution in [1.82, 2.24) is 0 Å². The van der Waals surface area contributed by atoms with Crippen LogP contribution >= 0.6 is 34.2 Å². The maximum absolute atomic E-state index is 11.4. The van der Waals surface area contributed by atoms with Crippen LogP contribution in [0.1, 0.15) is 24.3 Å². The number of nitrogens with one attached hydrogen (secondary N) is 1. The highest BCUT2D eigenvalue weighted by Crippen LogP contribution is 2.36. The van der Waals surface area contributed by atoms with Crippen molar-refractivity contribution in [3.8, 4) is 0 Å². The number of hydrogen-bond donors (Lipinski definition) is 5. The lowest BCUT2D eigenvalue weighted by molar-refractivity contribution is -0.383. The molecule has 2 aromatic carbocycles. The molecular formula is C28H33ClINO11. The van der Waals surface area contributed by atoms with Crippen molar-refractivity contribution in [2.75, 3.05) is 16.4 Å². The Kier molecular flexibility index (Phi) is 10.7. The standard InChI is InChI=1S/C28H33ClINO11/c1-13(32)31-17-9-14(7-8-16(17)29)11-37-27-22(35)20(33)24(18(10-30)39-27)42-28-23(36)21(34)25-19(40-28)12-38-26(41-25)15-5-3-2-4-6-15/h2-9,18-28,33-36H,10-12H2,1H3,(H,31,32)/t18-,19-,20-,21-,22-,23-,24-,25-,26?,27-,28-/m1/s1. The molecule has 0 aliphatic carbocycles. The molecule has 1 amide bonds. The third-order valence-electron chi connectivity index (χ3n) is 7.24. The minimum atomic E-state index is -1.52. The Bertz CT molecular complexity index is 1210. The molecule has 0 saturated carbocycles. The van der Waals surface area contributed by atoms with Gasteiger partial charge in [0.1, 0.15) is 42.7 Å². The number of alkyl halides is 1. The van der Waals surface area contributed by atoms with Gasteiger partial charge in [0.05, 0.1) is 30.0 Å². The molecule has 0 spiro atoms. The fourth-order valence-corrected chi connectivity index (χ4v) is 5.96. The Morgan fingerprint density at radius 1 is 1.00 bits per heavy atom. The lowest BCUT2D eigenvalue weighted by atomic mass is 9.96. The van der Waals surface area contributed by atoms with Gasteiger partial charge >= 0.3 is 0 Å². The van der Waals surface area contributed by atoms with Crippen molar-refractivity contribution in [3.63, 3.8) is 0 Å². The van der Waals surface area contributed by atoms with E-state index in [9.17, 15) is 25.2 Å². The van der Waals surface area contributed by atoms with Crippen LogP contribution in [0.4, 0.5) is 5.69 Å². The fourth-order valence-electron chi connectivity index (χ4n) is 5.09. The minimum absolute atomic E-state index is 0.0125. The Morgan fingerprint density at radius 3 is 2.45 bits per heavy atom. The first-order chi connectivity index (χ1) is 20.2. The molecule has 230 valence electrons. The Morgan fingerprint density at radius 2 is 1.74 bits per heavy atom. The summed E-state index contributed by atoms with van der Waals surface area (Å²) in [5.74, 6) is -0.282. The number of anilines is 1. The zero-order valence-corrected chi connectivity index (χ0v) is 25.4. The summed E-state index contributed by atoms with van der Waals surface area (Å²) in [6.07, 6.45) is -12.7. The summed E-state index contributed by atoms with van der Waals surface area (Å²) in [4.78, 5) is 11.4. The van der Waals surface area contributed by atoms with Gasteiger partial charge < -0.3 is 54.2 Å². The lowest BCUT2D eigenvalue weighted by Crippen LogP contribution is -2.65. The van der Waals surface area contributed by atoms with E-state index in [0.717, 1.165) is 5.56 Å². The van der Waals surface area contributed by atoms with E-state index >= 15 is 0 Å². The molecule has 3 heterocycles. The maximum atomic E-state index is 11.4. The molecule has 14 heteroatoms. The van der Waals surface area contributed by atoms with Gasteiger partial charge in [0.25, 0.3) is 0 Å². The summed E-state index contributed by atoms with van der Waals surface area (Å²) >= 11 is 8.18. The van der Waals surface area contributed by atoms with E-state index in [1.165, 1.54) is 6.92 Å². The molecular weight excluding hydrogens is 689 g/mol. The second-order valence-electron chi connectivity index (χ2n) is 10.3. The highest BCUT2D eigenvalue weighted by atomic mass is 127. The van der Waals surface area contributed by atoms with Gasteiger partial charge in [0, 0.05) is 16.9 Å². The van der Waals surface area contributed by atoms with Gasteiger partial charge in [0.2, 0.25) is 5.91 Å². The Labute approximate surface area is 260 Å². The predicted octanol–water partition coefficient (Wildman–Crippen LogP) is 1.64. The summed E-state index contributed by atoms with van der Waals surface area (Å²) in [5.41, 5.74) is 1.82. The van der Waals surface area contributed by atoms with Crippen molar-refractivity contribution < 1.29 is 53.6 Å². The first-order valence-corrected chi connectivity index (χ1v) is 15.3. The summed E-state index contributed by atoms with van der Waals surface area (Å²) in [6, 6.07) is 14.1. The monoisotopic (exact) mass is 721 g/mol. The number of aliphatic hydroxyl groups is 4. The van der Waals surface area contributed by atoms with Crippen LogP contribution in [0.5, 0.6) is 0 Å². The third-order valence-corrected chi connectivity index (χ3v) is 8.44. The number of carbonyl (C=O) groups excluding carboxylic acids is 1. The van der Waals surface area contributed by atoms with Gasteiger partial charge in [-0.25, -0.2) is 0 Å². The van der Waals surface area contributed by atoms with E-state index in [1.54, 1.807) is 18.2 Å². The molecule has 0 bridgehead atoms. The number of carbonyl (C=O) groups is 1. The summed E-state index contributed by atoms with van der Waals surface area (Å²) in [5, 5.41) is 46.6. The van der Waals surface area contributed by atoms with E-state index in [2.05, 4.69) is 5.32 Å². The van der Waals surface area contributed by atoms with Gasteiger partial charge in [-0.05, 0) is 17.7 Å². The molecule has 12 nitrogen and oxygen atoms in total. The van der Waals surface area contributed by atoms with Gasteiger partial charge in [-0.1, -0.05) is 70.6 Å². The van der Waals surface area contributed by atoms with E-state index < -0.39 is 67.7 Å². The van der Waals surface area contributed by atoms with E-state index in [4.69, 9.17) is 40.0 Å². The zero-order chi connectivity index (χ0) is 30.0. The van der Waals surface area contributed by atoms with E-state index in [-0.39, 0.29) is 19.1 Å². The second kappa shape index (κ2) is 14.1. The highest BCUT2D eigenvalue weighted by molar-refractivity contribution is 14.1. The van der Waals surface area contributed by atoms with Crippen LogP contribution in [0, 0.1) is 0 Å². The topological polar surface area (TPSA) is 165 Å². The number of halogens is 2. The largest absolute Gasteiger partial charge is 0.387 e. The SMILES string of the molecule is CC(=O)Nc1cc(CO[C@@H]2O[C@H](CI)[C@@H](O[C@H]3O[C@@H]4COC(c5ccccc5)O[C@H]4[C@H](O)[C@H]3O)[C@H](O)[C@H]2O)ccc1Cl. The van der Waals surface area contributed by atoms with Gasteiger partial charge in [-0.2, -0.15) is 0 Å². The lowest BCUT2D eigenvalue weighted by Gasteiger charge is -2.48. The van der Waals surface area contributed by atoms with Crippen LogP contribution < -0.4 is 5.32 Å². The smallest absolute Gasteiger partial charge is 0.221 e. The zero-order valence-electron chi connectivity index (χ0n) is 22.5. The predicted molar refractivity (Wildman–Crippen MR) is 156 cm³/mol. The normalized spacial score (nSPS) is 36.7. The van der Waals surface area contributed by atoms with Crippen molar-refractivity contribution >= 4 is 45.8 Å². The van der Waals surface area contributed by atoms with Gasteiger partial charge in [-0.15, -0.1) is 0 Å². The molecule has 2 aromatic rings. The van der Waals surface area contributed by atoms with Crippen LogP contribution in [0.25, 0.3) is 0 Å². The maximum Gasteiger partial charge on any atom is 0.221 e. The quantitative estimate of drug-likeness (QED) is 0.199. The fraction of sp³-hybridized carbons (Fsp3) is 0.536. The van der Waals surface area contributed by atoms with E-state index in [1.807, 2.05) is 52.9 Å². The number of aliphatic hydroxyl groups excluding tert-OH is 4. The van der Waals surface area contributed by atoms with Crippen LogP contribution in [0.3, 0.4) is 0 Å². The number of benzene rings is 2. The Balaban J connectivity index is 1.20. The molecule has 0 radical (unpaired) electrons. The van der Waals surface area contributed by atoms with Crippen LogP contribution in [-0.4, -0.2) is 98.8 Å². The first kappa shape index (κ1) is 31.9. The van der Waals surface area contributed by atoms with Crippen molar-refractivity contribution in [2.45, 2.75) is 81.2 Å². The molecule has 42 heavy (non-hydrogen) atoms. The molecule has 0 aromatic heterocycles. The molecule has 3 fully saturated rings. The van der Waals surface area contributed by atoms with Crippen LogP contribution in [0.2, 0.25) is 5.02 Å². The summed E-state index contributed by atoms with van der Waals surface area (Å²) < 4.78 is 35.6. The number of amides is 1. The molecule has 5 N–H and O–H groups in total. The average Bonchev–Trinajstić information content (AvgIpc) is 2.99. The molecule has 3 saturated heterocycles. The van der Waals surface area contributed by atoms with Crippen LogP contribution in [0.15, 0.2) is 48.5 Å². The number of ether oxygens (including phenoxy) is 6. The van der Waals surface area contributed by atoms with Crippen molar-refractivity contribution in [2.24, 2.45) is 0 Å². The first-order valence-electron chi connectivity index (χ1n) is 13.4.